The van der Waals surface area contributed by atoms with E-state index in [4.69, 9.17) is 4.74 Å². The molecular weight excluding hydrogens is 163 g/mol. The van der Waals surface area contributed by atoms with E-state index in [1.54, 1.807) is 13.8 Å². The zero-order chi connectivity index (χ0) is 9.40. The predicted molar refractivity (Wildman–Crippen MR) is 42.6 cm³/mol. The largest absolute Gasteiger partial charge is 0.461 e. The van der Waals surface area contributed by atoms with Gasteiger partial charge in [-0.2, -0.15) is 0 Å². The Morgan fingerprint density at radius 2 is 2.17 bits per heavy atom. The fourth-order valence-electron chi connectivity index (χ4n) is 0.528. The molecule has 4 heteroatoms. The maximum atomic E-state index is 12.5. The van der Waals surface area contributed by atoms with Crippen molar-refractivity contribution in [2.75, 3.05) is 19.8 Å². The number of hydrogen-bond acceptors (Lipinski definition) is 3. The summed E-state index contributed by atoms with van der Waals surface area (Å²) in [6.45, 7) is 3.68. The number of carbonyl (C=O) groups is 1. The molecular formula is C8H15FO3. The van der Waals surface area contributed by atoms with Crippen LogP contribution in [0.3, 0.4) is 0 Å². The molecule has 0 aliphatic carbocycles. The number of carbonyl (C=O) groups excluding carboxylic acids is 1. The molecule has 0 rings (SSSR count). The Bertz CT molecular complexity index is 127. The zero-order valence-electron chi connectivity index (χ0n) is 7.51. The first kappa shape index (κ1) is 11.4. The number of rotatable bonds is 6. The van der Waals surface area contributed by atoms with Crippen LogP contribution >= 0.6 is 0 Å². The molecule has 0 radical (unpaired) electrons. The molecule has 0 spiro atoms. The summed E-state index contributed by atoms with van der Waals surface area (Å²) in [5, 5.41) is 0. The van der Waals surface area contributed by atoms with Crippen molar-refractivity contribution in [1.82, 2.24) is 0 Å². The lowest BCUT2D eigenvalue weighted by molar-refractivity contribution is -0.150. The molecule has 12 heavy (non-hydrogen) atoms. The first-order chi connectivity index (χ1) is 5.70. The number of esters is 1. The highest BCUT2D eigenvalue weighted by Crippen LogP contribution is 1.97. The van der Waals surface area contributed by atoms with Gasteiger partial charge in [-0.15, -0.1) is 0 Å². The summed E-state index contributed by atoms with van der Waals surface area (Å²) >= 11 is 0. The molecule has 0 fully saturated rings. The molecule has 0 N–H and O–H groups in total. The molecule has 0 aromatic heterocycles. The standard InChI is InChI=1S/C8H15FO3/c1-3-7(9)5-12-8(10)6-11-4-2/h7H,3-6H2,1-2H3. The summed E-state index contributed by atoms with van der Waals surface area (Å²) in [6, 6.07) is 0. The second-order valence-electron chi connectivity index (χ2n) is 2.33. The fourth-order valence-corrected chi connectivity index (χ4v) is 0.528. The van der Waals surface area contributed by atoms with Gasteiger partial charge < -0.3 is 9.47 Å². The van der Waals surface area contributed by atoms with Crippen LogP contribution in [0.15, 0.2) is 0 Å². The minimum atomic E-state index is -1.06. The average molecular weight is 178 g/mol. The van der Waals surface area contributed by atoms with E-state index in [9.17, 15) is 9.18 Å². The monoisotopic (exact) mass is 178 g/mol. The van der Waals surface area contributed by atoms with Gasteiger partial charge in [-0.3, -0.25) is 0 Å². The lowest BCUT2D eigenvalue weighted by Gasteiger charge is -2.06. The summed E-state index contributed by atoms with van der Waals surface area (Å²) in [6.07, 6.45) is -0.697. The SMILES string of the molecule is CCOCC(=O)OCC(F)CC. The van der Waals surface area contributed by atoms with Gasteiger partial charge in [0.15, 0.2) is 0 Å². The second-order valence-corrected chi connectivity index (χ2v) is 2.33. The van der Waals surface area contributed by atoms with Crippen molar-refractivity contribution >= 4 is 5.97 Å². The zero-order valence-corrected chi connectivity index (χ0v) is 7.51. The second kappa shape index (κ2) is 7.03. The van der Waals surface area contributed by atoms with Crippen molar-refractivity contribution < 1.29 is 18.7 Å². The summed E-state index contributed by atoms with van der Waals surface area (Å²) in [7, 11) is 0. The van der Waals surface area contributed by atoms with Gasteiger partial charge >= 0.3 is 5.97 Å². The van der Waals surface area contributed by atoms with Crippen LogP contribution in [0, 0.1) is 0 Å². The van der Waals surface area contributed by atoms with Gasteiger partial charge in [0.1, 0.15) is 19.4 Å². The highest BCUT2D eigenvalue weighted by atomic mass is 19.1. The van der Waals surface area contributed by atoms with Crippen LogP contribution in [-0.2, 0) is 14.3 Å². The van der Waals surface area contributed by atoms with Gasteiger partial charge in [-0.1, -0.05) is 6.92 Å². The highest BCUT2D eigenvalue weighted by molar-refractivity contribution is 5.70. The van der Waals surface area contributed by atoms with Crippen LogP contribution < -0.4 is 0 Å². The fraction of sp³-hybridized carbons (Fsp3) is 0.875. The van der Waals surface area contributed by atoms with E-state index in [2.05, 4.69) is 4.74 Å². The molecule has 0 aliphatic rings. The van der Waals surface area contributed by atoms with Gasteiger partial charge in [0, 0.05) is 6.61 Å². The summed E-state index contributed by atoms with van der Waals surface area (Å²) in [5.41, 5.74) is 0. The Kier molecular flexibility index (Phi) is 6.66. The minimum absolute atomic E-state index is 0.0903. The Hall–Kier alpha value is -0.640. The van der Waals surface area contributed by atoms with E-state index in [1.165, 1.54) is 0 Å². The molecule has 1 unspecified atom stereocenters. The normalized spacial score (nSPS) is 12.6. The number of ether oxygens (including phenoxy) is 2. The Labute approximate surface area is 71.8 Å². The van der Waals surface area contributed by atoms with Crippen LogP contribution in [0.2, 0.25) is 0 Å². The molecule has 0 aromatic carbocycles. The van der Waals surface area contributed by atoms with E-state index < -0.39 is 12.1 Å². The number of alkyl halides is 1. The molecule has 0 amide bonds. The first-order valence-electron chi connectivity index (χ1n) is 4.08. The van der Waals surface area contributed by atoms with E-state index in [-0.39, 0.29) is 13.2 Å². The lowest BCUT2D eigenvalue weighted by Crippen LogP contribution is -2.18. The Morgan fingerprint density at radius 1 is 1.50 bits per heavy atom. The average Bonchev–Trinajstić information content (AvgIpc) is 2.10. The molecule has 72 valence electrons. The molecule has 1 atom stereocenters. The van der Waals surface area contributed by atoms with Crippen LogP contribution in [0.4, 0.5) is 4.39 Å². The van der Waals surface area contributed by atoms with Crippen molar-refractivity contribution in [2.45, 2.75) is 26.4 Å². The smallest absolute Gasteiger partial charge is 0.332 e. The van der Waals surface area contributed by atoms with E-state index in [1.807, 2.05) is 0 Å². The predicted octanol–water partition coefficient (Wildman–Crippen LogP) is 1.31. The van der Waals surface area contributed by atoms with Gasteiger partial charge in [0.05, 0.1) is 0 Å². The molecule has 0 bridgehead atoms. The number of halogens is 1. The minimum Gasteiger partial charge on any atom is -0.461 e. The van der Waals surface area contributed by atoms with E-state index in [0.29, 0.717) is 13.0 Å². The maximum Gasteiger partial charge on any atom is 0.332 e. The van der Waals surface area contributed by atoms with Crippen LogP contribution in [-0.4, -0.2) is 32.0 Å². The molecule has 0 saturated carbocycles. The van der Waals surface area contributed by atoms with Crippen LogP contribution in [0.1, 0.15) is 20.3 Å². The van der Waals surface area contributed by atoms with Crippen molar-refractivity contribution in [3.05, 3.63) is 0 Å². The van der Waals surface area contributed by atoms with Crippen LogP contribution in [0.5, 0.6) is 0 Å². The van der Waals surface area contributed by atoms with Crippen LogP contribution in [0.25, 0.3) is 0 Å². The third-order valence-electron chi connectivity index (χ3n) is 1.29. The van der Waals surface area contributed by atoms with Crippen molar-refractivity contribution in [3.63, 3.8) is 0 Å². The van der Waals surface area contributed by atoms with Crippen molar-refractivity contribution in [1.29, 1.82) is 0 Å². The Morgan fingerprint density at radius 3 is 2.67 bits per heavy atom. The summed E-state index contributed by atoms with van der Waals surface area (Å²) in [5.74, 6) is -0.507. The van der Waals surface area contributed by atoms with Gasteiger partial charge in [-0.05, 0) is 13.3 Å². The Balaban J connectivity index is 3.31. The summed E-state index contributed by atoms with van der Waals surface area (Å²) < 4.78 is 21.8. The quantitative estimate of drug-likeness (QED) is 0.575. The van der Waals surface area contributed by atoms with Crippen molar-refractivity contribution in [3.8, 4) is 0 Å². The lowest BCUT2D eigenvalue weighted by atomic mass is 10.3. The number of hydrogen-bond donors (Lipinski definition) is 0. The van der Waals surface area contributed by atoms with Crippen molar-refractivity contribution in [2.24, 2.45) is 0 Å². The van der Waals surface area contributed by atoms with Gasteiger partial charge in [-0.25, -0.2) is 9.18 Å². The molecule has 0 aliphatic heterocycles. The van der Waals surface area contributed by atoms with Gasteiger partial charge in [0.25, 0.3) is 0 Å². The first-order valence-corrected chi connectivity index (χ1v) is 4.08. The third kappa shape index (κ3) is 6.09. The van der Waals surface area contributed by atoms with Gasteiger partial charge in [0.2, 0.25) is 0 Å². The molecule has 0 aromatic rings. The highest BCUT2D eigenvalue weighted by Gasteiger charge is 2.07. The van der Waals surface area contributed by atoms with E-state index in [0.717, 1.165) is 0 Å². The maximum absolute atomic E-state index is 12.5. The topological polar surface area (TPSA) is 35.5 Å². The molecule has 0 heterocycles. The molecule has 0 saturated heterocycles. The third-order valence-corrected chi connectivity index (χ3v) is 1.29. The van der Waals surface area contributed by atoms with E-state index >= 15 is 0 Å². The summed E-state index contributed by atoms with van der Waals surface area (Å²) in [4.78, 5) is 10.7. The molecule has 3 nitrogen and oxygen atoms in total.